The van der Waals surface area contributed by atoms with Crippen LogP contribution in [0.4, 0.5) is 15.0 Å². The van der Waals surface area contributed by atoms with Crippen molar-refractivity contribution in [2.75, 3.05) is 5.32 Å². The van der Waals surface area contributed by atoms with Crippen LogP contribution < -0.4 is 15.4 Å². The van der Waals surface area contributed by atoms with Crippen molar-refractivity contribution >= 4 is 11.8 Å². The Hall–Kier alpha value is -2.57. The first-order valence-corrected chi connectivity index (χ1v) is 8.74. The van der Waals surface area contributed by atoms with Gasteiger partial charge in [0, 0.05) is 30.4 Å². The normalized spacial score (nSPS) is 16.2. The molecule has 1 aromatic heterocycles. The minimum atomic E-state index is -0.410. The smallest absolute Gasteiger partial charge is 0.320 e. The highest BCUT2D eigenvalue weighted by Gasteiger charge is 2.25. The van der Waals surface area contributed by atoms with E-state index in [1.807, 2.05) is 10.7 Å². The molecule has 0 spiro atoms. The number of halogens is 1. The van der Waals surface area contributed by atoms with Crippen molar-refractivity contribution in [3.05, 3.63) is 41.3 Å². The van der Waals surface area contributed by atoms with Crippen molar-refractivity contribution in [2.24, 2.45) is 0 Å². The molecule has 6 nitrogen and oxygen atoms in total. The van der Waals surface area contributed by atoms with Crippen LogP contribution in [0.2, 0.25) is 0 Å². The van der Waals surface area contributed by atoms with Crippen LogP contribution in [-0.4, -0.2) is 21.9 Å². The van der Waals surface area contributed by atoms with Crippen LogP contribution in [0.15, 0.2) is 24.3 Å². The first-order chi connectivity index (χ1) is 12.2. The fraction of sp³-hybridized carbons (Fsp3) is 0.444. The number of benzene rings is 1. The van der Waals surface area contributed by atoms with Crippen molar-refractivity contribution < 1.29 is 13.9 Å². The Morgan fingerprint density at radius 1 is 1.36 bits per heavy atom. The Labute approximate surface area is 145 Å². The number of anilines is 1. The zero-order valence-electron chi connectivity index (χ0n) is 13.9. The highest BCUT2D eigenvalue weighted by atomic mass is 19.1. The van der Waals surface area contributed by atoms with Crippen LogP contribution in [-0.2, 0) is 19.5 Å². The lowest BCUT2D eigenvalue weighted by molar-refractivity contribution is 0.251. The number of aromatic nitrogens is 2. The van der Waals surface area contributed by atoms with Gasteiger partial charge in [0.2, 0.25) is 0 Å². The summed E-state index contributed by atoms with van der Waals surface area (Å²) in [6.07, 6.45) is 5.31. The van der Waals surface area contributed by atoms with Gasteiger partial charge in [-0.15, -0.1) is 0 Å². The van der Waals surface area contributed by atoms with Gasteiger partial charge in [-0.2, -0.15) is 5.10 Å². The van der Waals surface area contributed by atoms with Crippen LogP contribution in [0.1, 0.15) is 36.9 Å². The van der Waals surface area contributed by atoms with E-state index in [1.165, 1.54) is 0 Å². The largest absolute Gasteiger partial charge is 0.487 e. The van der Waals surface area contributed by atoms with Crippen molar-refractivity contribution in [3.8, 4) is 5.75 Å². The highest BCUT2D eigenvalue weighted by Crippen LogP contribution is 2.29. The van der Waals surface area contributed by atoms with Gasteiger partial charge < -0.3 is 10.1 Å². The number of carbonyl (C=O) groups excluding carboxylic acids is 1. The van der Waals surface area contributed by atoms with E-state index in [0.29, 0.717) is 11.4 Å². The van der Waals surface area contributed by atoms with Gasteiger partial charge in [-0.05, 0) is 38.2 Å². The first-order valence-electron chi connectivity index (χ1n) is 8.74. The van der Waals surface area contributed by atoms with Crippen LogP contribution in [0.25, 0.3) is 0 Å². The second kappa shape index (κ2) is 6.74. The van der Waals surface area contributed by atoms with Crippen molar-refractivity contribution in [2.45, 2.75) is 51.3 Å². The van der Waals surface area contributed by atoms with Crippen LogP contribution in [0.5, 0.6) is 5.75 Å². The first kappa shape index (κ1) is 15.9. The average molecular weight is 344 g/mol. The molecule has 1 aliphatic heterocycles. The summed E-state index contributed by atoms with van der Waals surface area (Å²) in [5, 5.41) is 9.75. The Kier molecular flexibility index (Phi) is 4.29. The lowest BCUT2D eigenvalue weighted by Gasteiger charge is -2.11. The van der Waals surface area contributed by atoms with E-state index >= 15 is 0 Å². The molecule has 0 atom stereocenters. The molecule has 25 heavy (non-hydrogen) atoms. The maximum absolute atomic E-state index is 14.4. The maximum Gasteiger partial charge on any atom is 0.320 e. The van der Waals surface area contributed by atoms with Gasteiger partial charge in [0.15, 0.2) is 17.4 Å². The summed E-state index contributed by atoms with van der Waals surface area (Å²) in [7, 11) is 0. The number of rotatable bonds is 5. The van der Waals surface area contributed by atoms with Crippen molar-refractivity contribution in [3.63, 3.8) is 0 Å². The summed E-state index contributed by atoms with van der Waals surface area (Å²) in [5.74, 6) is 0.372. The molecular formula is C18H21FN4O2. The Balaban J connectivity index is 1.34. The number of amides is 2. The monoisotopic (exact) mass is 344 g/mol. The zero-order chi connectivity index (χ0) is 17.2. The summed E-state index contributed by atoms with van der Waals surface area (Å²) in [4.78, 5) is 12.1. The molecule has 0 bridgehead atoms. The van der Waals surface area contributed by atoms with E-state index in [2.05, 4.69) is 15.7 Å². The molecule has 1 aromatic carbocycles. The second-order valence-corrected chi connectivity index (χ2v) is 6.56. The number of hydrogen-bond donors (Lipinski definition) is 2. The third-order valence-electron chi connectivity index (χ3n) is 4.46. The minimum absolute atomic E-state index is 0.0904. The molecule has 2 N–H and O–H groups in total. The second-order valence-electron chi connectivity index (χ2n) is 6.56. The van der Waals surface area contributed by atoms with Gasteiger partial charge in [-0.1, -0.05) is 12.1 Å². The molecule has 2 heterocycles. The SMILES string of the molecule is O=C(NCc1cccc(OC2CC2)c1F)Nc1cc2n(n1)CCCC2. The Morgan fingerprint density at radius 2 is 2.24 bits per heavy atom. The third-order valence-corrected chi connectivity index (χ3v) is 4.46. The minimum Gasteiger partial charge on any atom is -0.487 e. The van der Waals surface area contributed by atoms with Gasteiger partial charge in [0.05, 0.1) is 6.10 Å². The molecule has 2 amide bonds. The van der Waals surface area contributed by atoms with Gasteiger partial charge in [0.1, 0.15) is 0 Å². The summed E-state index contributed by atoms with van der Waals surface area (Å²) in [5.41, 5.74) is 1.54. The van der Waals surface area contributed by atoms with Crippen LogP contribution >= 0.6 is 0 Å². The molecule has 4 rings (SSSR count). The van der Waals surface area contributed by atoms with Crippen molar-refractivity contribution in [1.82, 2.24) is 15.1 Å². The summed E-state index contributed by atoms with van der Waals surface area (Å²) < 4.78 is 21.8. The summed E-state index contributed by atoms with van der Waals surface area (Å²) >= 11 is 0. The van der Waals surface area contributed by atoms with Gasteiger partial charge >= 0.3 is 6.03 Å². The number of nitrogens with zero attached hydrogens (tertiary/aromatic N) is 2. The number of hydrogen-bond acceptors (Lipinski definition) is 3. The standard InChI is InChI=1S/C18H21FN4O2/c19-17-12(4-3-6-15(17)25-14-7-8-14)11-20-18(24)21-16-10-13-5-1-2-9-23(13)22-16/h3-4,6,10,14H,1-2,5,7-9,11H2,(H2,20,21,22,24). The van der Waals surface area contributed by atoms with E-state index in [0.717, 1.165) is 44.3 Å². The van der Waals surface area contributed by atoms with E-state index < -0.39 is 11.8 Å². The van der Waals surface area contributed by atoms with Crippen LogP contribution in [0, 0.1) is 5.82 Å². The van der Waals surface area contributed by atoms with Gasteiger partial charge in [-0.3, -0.25) is 10.00 Å². The summed E-state index contributed by atoms with van der Waals surface area (Å²) in [6, 6.07) is 6.49. The molecule has 0 unspecified atom stereocenters. The quantitative estimate of drug-likeness (QED) is 0.875. The van der Waals surface area contributed by atoms with E-state index in [-0.39, 0.29) is 18.4 Å². The molecule has 1 fully saturated rings. The number of ether oxygens (including phenoxy) is 1. The fourth-order valence-electron chi connectivity index (χ4n) is 2.96. The van der Waals surface area contributed by atoms with Gasteiger partial charge in [0.25, 0.3) is 0 Å². The molecular weight excluding hydrogens is 323 g/mol. The van der Waals surface area contributed by atoms with Crippen LogP contribution in [0.3, 0.4) is 0 Å². The zero-order valence-corrected chi connectivity index (χ0v) is 13.9. The molecule has 1 aliphatic carbocycles. The highest BCUT2D eigenvalue weighted by molar-refractivity contribution is 5.88. The lowest BCUT2D eigenvalue weighted by atomic mass is 10.1. The van der Waals surface area contributed by atoms with E-state index in [4.69, 9.17) is 4.74 Å². The lowest BCUT2D eigenvalue weighted by Crippen LogP contribution is -2.28. The molecule has 1 saturated carbocycles. The average Bonchev–Trinajstić information content (AvgIpc) is 3.32. The van der Waals surface area contributed by atoms with Crippen molar-refractivity contribution in [1.29, 1.82) is 0 Å². The third kappa shape index (κ3) is 3.75. The molecule has 0 saturated heterocycles. The molecule has 132 valence electrons. The predicted molar refractivity (Wildman–Crippen MR) is 91.1 cm³/mol. The fourth-order valence-corrected chi connectivity index (χ4v) is 2.96. The van der Waals surface area contributed by atoms with E-state index in [9.17, 15) is 9.18 Å². The van der Waals surface area contributed by atoms with E-state index in [1.54, 1.807) is 18.2 Å². The number of nitrogens with one attached hydrogen (secondary N) is 2. The number of aryl methyl sites for hydroxylation is 2. The molecule has 2 aliphatic rings. The summed E-state index contributed by atoms with van der Waals surface area (Å²) in [6.45, 7) is 0.977. The molecule has 0 radical (unpaired) electrons. The number of urea groups is 1. The molecule has 2 aromatic rings. The topological polar surface area (TPSA) is 68.2 Å². The molecule has 7 heteroatoms. The maximum atomic E-state index is 14.4. The Morgan fingerprint density at radius 3 is 3.04 bits per heavy atom. The Bertz CT molecular complexity index is 762. The number of carbonyl (C=O) groups is 1. The predicted octanol–water partition coefficient (Wildman–Crippen LogP) is 3.22. The van der Waals surface area contributed by atoms with Gasteiger partial charge in [-0.25, -0.2) is 9.18 Å². The number of fused-ring (bicyclic) bond motifs is 1.